The molecule has 0 aliphatic rings. The smallest absolute Gasteiger partial charge is 0.256 e. The van der Waals surface area contributed by atoms with Crippen LogP contribution in [-0.4, -0.2) is 43.9 Å². The number of rotatable bonds is 8. The first-order chi connectivity index (χ1) is 9.55. The van der Waals surface area contributed by atoms with Gasteiger partial charge in [0, 0.05) is 20.3 Å². The van der Waals surface area contributed by atoms with Crippen molar-refractivity contribution in [1.82, 2.24) is 4.98 Å². The number of carbonyl (C=O) groups is 1. The largest absolute Gasteiger partial charge is 0.475 e. The quantitative estimate of drug-likeness (QED) is 0.737. The summed E-state index contributed by atoms with van der Waals surface area (Å²) in [7, 11) is 3.13. The molecule has 112 valence electrons. The zero-order valence-electron chi connectivity index (χ0n) is 12.4. The molecule has 6 nitrogen and oxygen atoms in total. The monoisotopic (exact) mass is 282 g/mol. The van der Waals surface area contributed by atoms with Gasteiger partial charge < -0.3 is 19.5 Å². The van der Waals surface area contributed by atoms with Crippen LogP contribution in [0.1, 0.15) is 20.3 Å². The summed E-state index contributed by atoms with van der Waals surface area (Å²) in [5, 5.41) is 2.77. The van der Waals surface area contributed by atoms with Crippen molar-refractivity contribution in [2.45, 2.75) is 25.9 Å². The van der Waals surface area contributed by atoms with Crippen LogP contribution in [0.4, 0.5) is 5.69 Å². The van der Waals surface area contributed by atoms with Gasteiger partial charge in [0.15, 0.2) is 0 Å². The van der Waals surface area contributed by atoms with Crippen LogP contribution in [-0.2, 0) is 14.3 Å². The van der Waals surface area contributed by atoms with Crippen LogP contribution < -0.4 is 10.1 Å². The third-order valence-corrected chi connectivity index (χ3v) is 3.14. The van der Waals surface area contributed by atoms with Crippen LogP contribution in [0.25, 0.3) is 0 Å². The van der Waals surface area contributed by atoms with Gasteiger partial charge in [-0.15, -0.1) is 0 Å². The molecule has 1 N–H and O–H groups in total. The van der Waals surface area contributed by atoms with E-state index >= 15 is 0 Å². The highest BCUT2D eigenvalue weighted by Gasteiger charge is 2.30. The number of methoxy groups -OCH3 is 2. The summed E-state index contributed by atoms with van der Waals surface area (Å²) in [6.07, 6.45) is 2.13. The molecule has 0 fully saturated rings. The number of aromatic nitrogens is 1. The van der Waals surface area contributed by atoms with E-state index < -0.39 is 5.60 Å². The predicted octanol–water partition coefficient (Wildman–Crippen LogP) is 1.86. The molecule has 1 aromatic rings. The highest BCUT2D eigenvalue weighted by atomic mass is 16.5. The van der Waals surface area contributed by atoms with Gasteiger partial charge in [-0.25, -0.2) is 4.98 Å². The maximum absolute atomic E-state index is 12.1. The van der Waals surface area contributed by atoms with Crippen LogP contribution >= 0.6 is 0 Å². The maximum atomic E-state index is 12.1. The van der Waals surface area contributed by atoms with Crippen molar-refractivity contribution in [2.75, 3.05) is 32.8 Å². The molecule has 0 saturated carbocycles. The van der Waals surface area contributed by atoms with Crippen LogP contribution in [0.2, 0.25) is 0 Å². The Morgan fingerprint density at radius 3 is 2.60 bits per heavy atom. The molecule has 0 spiro atoms. The maximum Gasteiger partial charge on any atom is 0.256 e. The molecule has 0 radical (unpaired) electrons. The first-order valence-corrected chi connectivity index (χ1v) is 6.50. The van der Waals surface area contributed by atoms with Gasteiger partial charge in [-0.2, -0.15) is 0 Å². The fraction of sp³-hybridized carbons (Fsp3) is 0.571. The van der Waals surface area contributed by atoms with E-state index in [0.717, 1.165) is 0 Å². The van der Waals surface area contributed by atoms with Crippen molar-refractivity contribution < 1.29 is 19.0 Å². The minimum Gasteiger partial charge on any atom is -0.475 e. The topological polar surface area (TPSA) is 69.7 Å². The number of nitrogens with one attached hydrogen (secondary N) is 1. The van der Waals surface area contributed by atoms with Crippen LogP contribution in [0, 0.1) is 0 Å². The summed E-state index contributed by atoms with van der Waals surface area (Å²) in [6, 6.07) is 3.43. The second-order valence-corrected chi connectivity index (χ2v) is 4.47. The number of hydrogen-bond donors (Lipinski definition) is 1. The van der Waals surface area contributed by atoms with E-state index in [1.54, 1.807) is 32.4 Å². The van der Waals surface area contributed by atoms with Crippen LogP contribution in [0.5, 0.6) is 5.88 Å². The lowest BCUT2D eigenvalue weighted by atomic mass is 10.0. The number of nitrogens with zero attached hydrogens (tertiary/aromatic N) is 1. The third-order valence-electron chi connectivity index (χ3n) is 3.14. The Balaban J connectivity index is 2.59. The number of hydrogen-bond acceptors (Lipinski definition) is 5. The second-order valence-electron chi connectivity index (χ2n) is 4.47. The summed E-state index contributed by atoms with van der Waals surface area (Å²) >= 11 is 0. The van der Waals surface area contributed by atoms with Gasteiger partial charge in [-0.05, 0) is 19.4 Å². The van der Waals surface area contributed by atoms with E-state index in [1.165, 1.54) is 7.11 Å². The molecule has 0 aromatic carbocycles. The minimum absolute atomic E-state index is 0.197. The fourth-order valence-electron chi connectivity index (χ4n) is 1.43. The Labute approximate surface area is 119 Å². The average Bonchev–Trinajstić information content (AvgIpc) is 2.48. The first-order valence-electron chi connectivity index (χ1n) is 6.50. The van der Waals surface area contributed by atoms with Crippen LogP contribution in [0.3, 0.4) is 0 Å². The number of carbonyl (C=O) groups excluding carboxylic acids is 1. The van der Waals surface area contributed by atoms with Crippen molar-refractivity contribution in [1.29, 1.82) is 0 Å². The molecular formula is C14H22N2O4. The molecular weight excluding hydrogens is 260 g/mol. The van der Waals surface area contributed by atoms with Crippen molar-refractivity contribution in [3.05, 3.63) is 18.3 Å². The number of ether oxygens (including phenoxy) is 3. The molecule has 0 bridgehead atoms. The average molecular weight is 282 g/mol. The van der Waals surface area contributed by atoms with Gasteiger partial charge >= 0.3 is 0 Å². The van der Waals surface area contributed by atoms with E-state index in [9.17, 15) is 4.79 Å². The van der Waals surface area contributed by atoms with Crippen molar-refractivity contribution in [2.24, 2.45) is 0 Å². The molecule has 1 aromatic heterocycles. The van der Waals surface area contributed by atoms with Gasteiger partial charge in [0.1, 0.15) is 12.2 Å². The van der Waals surface area contributed by atoms with Gasteiger partial charge in [-0.3, -0.25) is 4.79 Å². The highest BCUT2D eigenvalue weighted by Crippen LogP contribution is 2.18. The first kappa shape index (κ1) is 16.4. The molecule has 1 heterocycles. The normalized spacial score (nSPS) is 13.6. The lowest BCUT2D eigenvalue weighted by Crippen LogP contribution is -2.41. The Morgan fingerprint density at radius 1 is 1.35 bits per heavy atom. The molecule has 1 amide bonds. The highest BCUT2D eigenvalue weighted by molar-refractivity contribution is 5.96. The molecule has 0 aliphatic heterocycles. The molecule has 1 unspecified atom stereocenters. The Hall–Kier alpha value is -1.66. The molecule has 1 atom stereocenters. The lowest BCUT2D eigenvalue weighted by Gasteiger charge is -2.25. The lowest BCUT2D eigenvalue weighted by molar-refractivity contribution is -0.136. The SMILES string of the molecule is CCC(C)(OC)C(=O)Nc1ccc(OCCOC)nc1. The Morgan fingerprint density at radius 2 is 2.10 bits per heavy atom. The van der Waals surface area contributed by atoms with Gasteiger partial charge in [-0.1, -0.05) is 6.92 Å². The molecule has 6 heteroatoms. The standard InChI is InChI=1S/C14H22N2O4/c1-5-14(2,19-4)13(17)16-11-6-7-12(15-10-11)20-9-8-18-3/h6-7,10H,5,8-9H2,1-4H3,(H,16,17). The molecule has 1 rings (SSSR count). The number of anilines is 1. The number of pyridine rings is 1. The van der Waals surface area contributed by atoms with E-state index in [0.29, 0.717) is 31.2 Å². The van der Waals surface area contributed by atoms with Crippen molar-refractivity contribution >= 4 is 11.6 Å². The summed E-state index contributed by atoms with van der Waals surface area (Å²) in [4.78, 5) is 16.2. The summed E-state index contributed by atoms with van der Waals surface area (Å²) in [6.45, 7) is 4.59. The molecule has 0 aliphatic carbocycles. The fourth-order valence-corrected chi connectivity index (χ4v) is 1.43. The molecule has 20 heavy (non-hydrogen) atoms. The molecule has 0 saturated heterocycles. The van der Waals surface area contributed by atoms with Crippen molar-refractivity contribution in [3.8, 4) is 5.88 Å². The third kappa shape index (κ3) is 4.47. The van der Waals surface area contributed by atoms with Gasteiger partial charge in [0.2, 0.25) is 5.88 Å². The van der Waals surface area contributed by atoms with E-state index in [1.807, 2.05) is 6.92 Å². The van der Waals surface area contributed by atoms with Gasteiger partial charge in [0.25, 0.3) is 5.91 Å². The Bertz CT molecular complexity index is 416. The Kier molecular flexibility index (Phi) is 6.41. The van der Waals surface area contributed by atoms with E-state index in [2.05, 4.69) is 10.3 Å². The predicted molar refractivity (Wildman–Crippen MR) is 75.9 cm³/mol. The summed E-state index contributed by atoms with van der Waals surface area (Å²) < 4.78 is 15.5. The zero-order valence-corrected chi connectivity index (χ0v) is 12.4. The van der Waals surface area contributed by atoms with Crippen molar-refractivity contribution in [3.63, 3.8) is 0 Å². The second kappa shape index (κ2) is 7.81. The van der Waals surface area contributed by atoms with Gasteiger partial charge in [0.05, 0.1) is 18.5 Å². The minimum atomic E-state index is -0.840. The summed E-state index contributed by atoms with van der Waals surface area (Å²) in [5.74, 6) is 0.294. The van der Waals surface area contributed by atoms with E-state index in [-0.39, 0.29) is 5.91 Å². The summed E-state index contributed by atoms with van der Waals surface area (Å²) in [5.41, 5.74) is -0.237. The number of amides is 1. The zero-order chi connectivity index (χ0) is 15.0. The van der Waals surface area contributed by atoms with Crippen LogP contribution in [0.15, 0.2) is 18.3 Å². The van der Waals surface area contributed by atoms with E-state index in [4.69, 9.17) is 14.2 Å².